The van der Waals surface area contributed by atoms with Gasteiger partial charge >= 0.3 is 0 Å². The molecule has 148 valence electrons. The van der Waals surface area contributed by atoms with Crippen LogP contribution in [-0.4, -0.2) is 36.7 Å². The Bertz CT molecular complexity index is 1090. The van der Waals surface area contributed by atoms with E-state index in [4.69, 9.17) is 0 Å². The molecule has 0 fully saturated rings. The molecule has 2 N–H and O–H groups in total. The molecule has 0 aliphatic carbocycles. The number of carbonyl (C=O) groups excluding carboxylic acids is 1. The van der Waals surface area contributed by atoms with Crippen molar-refractivity contribution in [2.24, 2.45) is 0 Å². The van der Waals surface area contributed by atoms with Crippen LogP contribution in [0.25, 0.3) is 10.2 Å². The minimum Gasteiger partial charge on any atom is -0.273 e. The van der Waals surface area contributed by atoms with Crippen molar-refractivity contribution >= 4 is 42.6 Å². The van der Waals surface area contributed by atoms with Crippen LogP contribution in [0.5, 0.6) is 0 Å². The Labute approximate surface area is 168 Å². The molecule has 0 aliphatic heterocycles. The number of rotatable bonds is 7. The third-order valence-electron chi connectivity index (χ3n) is 4.36. The molecule has 3 aromatic rings. The lowest BCUT2D eigenvalue weighted by atomic mass is 10.2. The molecule has 28 heavy (non-hydrogen) atoms. The first-order chi connectivity index (χ1) is 13.4. The number of para-hydroxylation sites is 1. The second kappa shape index (κ2) is 8.26. The second-order valence-electron chi connectivity index (χ2n) is 6.13. The van der Waals surface area contributed by atoms with Crippen molar-refractivity contribution in [1.82, 2.24) is 14.7 Å². The van der Waals surface area contributed by atoms with Gasteiger partial charge in [-0.25, -0.2) is 13.4 Å². The van der Waals surface area contributed by atoms with E-state index in [-0.39, 0.29) is 10.8 Å². The van der Waals surface area contributed by atoms with Gasteiger partial charge in [0.25, 0.3) is 5.91 Å². The summed E-state index contributed by atoms with van der Waals surface area (Å²) in [6, 6.07) is 11.8. The topological polar surface area (TPSA) is 91.4 Å². The summed E-state index contributed by atoms with van der Waals surface area (Å²) in [7, 11) is -3.54. The Balaban J connectivity index is 1.70. The summed E-state index contributed by atoms with van der Waals surface area (Å²) >= 11 is 1.44. The molecule has 3 rings (SSSR count). The summed E-state index contributed by atoms with van der Waals surface area (Å²) < 4.78 is 27.4. The maximum absolute atomic E-state index is 12.5. The average molecular weight is 419 g/mol. The number of hydrazine groups is 1. The van der Waals surface area contributed by atoms with Crippen LogP contribution in [0.2, 0.25) is 0 Å². The normalized spacial score (nSPS) is 11.7. The Morgan fingerprint density at radius 2 is 1.79 bits per heavy atom. The summed E-state index contributed by atoms with van der Waals surface area (Å²) in [5, 5.41) is 0.582. The van der Waals surface area contributed by atoms with Crippen LogP contribution in [0.3, 0.4) is 0 Å². The van der Waals surface area contributed by atoms with E-state index in [0.717, 1.165) is 15.8 Å². The smallest absolute Gasteiger partial charge is 0.269 e. The zero-order valence-corrected chi connectivity index (χ0v) is 17.5. The lowest BCUT2D eigenvalue weighted by molar-refractivity contribution is 0.0962. The maximum Gasteiger partial charge on any atom is 0.269 e. The summed E-state index contributed by atoms with van der Waals surface area (Å²) in [5.41, 5.74) is 7.74. The standard InChI is InChI=1S/C19H22N4O3S2/c1-4-23(5-2)28(25,26)15-11-9-14(10-12-15)18(24)21-22-19-20-17-13(3)7-6-8-16(17)27-19/h6-12H,4-5H2,1-3H3,(H,20,22)(H,21,24). The highest BCUT2D eigenvalue weighted by atomic mass is 32.2. The lowest BCUT2D eigenvalue weighted by Crippen LogP contribution is -2.31. The van der Waals surface area contributed by atoms with Crippen LogP contribution in [-0.2, 0) is 10.0 Å². The van der Waals surface area contributed by atoms with E-state index in [1.807, 2.05) is 25.1 Å². The fourth-order valence-electron chi connectivity index (χ4n) is 2.81. The molecule has 0 spiro atoms. The first-order valence-electron chi connectivity index (χ1n) is 8.89. The van der Waals surface area contributed by atoms with E-state index < -0.39 is 10.0 Å². The minimum atomic E-state index is -3.54. The summed E-state index contributed by atoms with van der Waals surface area (Å²) in [6.45, 7) is 6.35. The van der Waals surface area contributed by atoms with Gasteiger partial charge < -0.3 is 0 Å². The lowest BCUT2D eigenvalue weighted by Gasteiger charge is -2.18. The second-order valence-corrected chi connectivity index (χ2v) is 9.10. The summed E-state index contributed by atoms with van der Waals surface area (Å²) in [4.78, 5) is 17.0. The van der Waals surface area contributed by atoms with Gasteiger partial charge in [0.05, 0.1) is 15.1 Å². The van der Waals surface area contributed by atoms with Crippen molar-refractivity contribution in [3.8, 4) is 0 Å². The number of aryl methyl sites for hydroxylation is 1. The number of benzene rings is 2. The van der Waals surface area contributed by atoms with E-state index in [9.17, 15) is 13.2 Å². The zero-order chi connectivity index (χ0) is 20.3. The number of hydrogen-bond acceptors (Lipinski definition) is 6. The molecule has 1 heterocycles. The molecule has 1 amide bonds. The van der Waals surface area contributed by atoms with Crippen molar-refractivity contribution < 1.29 is 13.2 Å². The van der Waals surface area contributed by atoms with Crippen molar-refractivity contribution in [2.45, 2.75) is 25.7 Å². The third-order valence-corrected chi connectivity index (χ3v) is 7.36. The predicted molar refractivity (Wildman–Crippen MR) is 112 cm³/mol. The number of thiazole rings is 1. The molecule has 9 heteroatoms. The molecular formula is C19H22N4O3S2. The number of aromatic nitrogens is 1. The first-order valence-corrected chi connectivity index (χ1v) is 11.1. The molecule has 0 atom stereocenters. The van der Waals surface area contributed by atoms with Gasteiger partial charge in [0, 0.05) is 18.7 Å². The van der Waals surface area contributed by atoms with E-state index in [1.54, 1.807) is 13.8 Å². The first kappa shape index (κ1) is 20.2. The molecule has 0 saturated carbocycles. The largest absolute Gasteiger partial charge is 0.273 e. The molecular weight excluding hydrogens is 396 g/mol. The highest BCUT2D eigenvalue weighted by Gasteiger charge is 2.21. The van der Waals surface area contributed by atoms with Crippen LogP contribution in [0, 0.1) is 6.92 Å². The van der Waals surface area contributed by atoms with Crippen molar-refractivity contribution in [3.05, 3.63) is 53.6 Å². The van der Waals surface area contributed by atoms with Gasteiger partial charge in [0.1, 0.15) is 0 Å². The van der Waals surface area contributed by atoms with Crippen LogP contribution in [0.4, 0.5) is 5.13 Å². The van der Waals surface area contributed by atoms with Gasteiger partial charge in [0.15, 0.2) is 0 Å². The van der Waals surface area contributed by atoms with Gasteiger partial charge in [-0.1, -0.05) is 37.3 Å². The zero-order valence-electron chi connectivity index (χ0n) is 15.9. The minimum absolute atomic E-state index is 0.169. The summed E-state index contributed by atoms with van der Waals surface area (Å²) in [5.74, 6) is -0.372. The average Bonchev–Trinajstić information content (AvgIpc) is 3.11. The number of amides is 1. The fraction of sp³-hybridized carbons (Fsp3) is 0.263. The molecule has 0 radical (unpaired) electrons. The monoisotopic (exact) mass is 418 g/mol. The van der Waals surface area contributed by atoms with Gasteiger partial charge in [-0.05, 0) is 42.8 Å². The number of fused-ring (bicyclic) bond motifs is 1. The predicted octanol–water partition coefficient (Wildman–Crippen LogP) is 3.39. The van der Waals surface area contributed by atoms with Gasteiger partial charge in [-0.3, -0.25) is 15.6 Å². The number of sulfonamides is 1. The van der Waals surface area contributed by atoms with Crippen LogP contribution < -0.4 is 10.9 Å². The number of hydrogen-bond donors (Lipinski definition) is 2. The Morgan fingerprint density at radius 1 is 1.11 bits per heavy atom. The number of nitrogens with zero attached hydrogens (tertiary/aromatic N) is 2. The fourth-order valence-corrected chi connectivity index (χ4v) is 5.17. The van der Waals surface area contributed by atoms with Gasteiger partial charge in [0.2, 0.25) is 15.2 Å². The number of anilines is 1. The molecule has 2 aromatic carbocycles. The Hall–Kier alpha value is -2.49. The Morgan fingerprint density at radius 3 is 2.39 bits per heavy atom. The summed E-state index contributed by atoms with van der Waals surface area (Å²) in [6.07, 6.45) is 0. The molecule has 7 nitrogen and oxygen atoms in total. The van der Waals surface area contributed by atoms with Crippen molar-refractivity contribution in [3.63, 3.8) is 0 Å². The third kappa shape index (κ3) is 4.01. The van der Waals surface area contributed by atoms with E-state index in [1.165, 1.54) is 39.9 Å². The van der Waals surface area contributed by atoms with Crippen LogP contribution >= 0.6 is 11.3 Å². The number of nitrogens with one attached hydrogen (secondary N) is 2. The van der Waals surface area contributed by atoms with E-state index in [0.29, 0.717) is 23.8 Å². The maximum atomic E-state index is 12.5. The highest BCUT2D eigenvalue weighted by molar-refractivity contribution is 7.89. The highest BCUT2D eigenvalue weighted by Crippen LogP contribution is 2.27. The quantitative estimate of drug-likeness (QED) is 0.574. The Kier molecular flexibility index (Phi) is 5.97. The van der Waals surface area contributed by atoms with E-state index in [2.05, 4.69) is 15.8 Å². The van der Waals surface area contributed by atoms with Crippen molar-refractivity contribution in [1.29, 1.82) is 0 Å². The van der Waals surface area contributed by atoms with Gasteiger partial charge in [-0.2, -0.15) is 4.31 Å². The van der Waals surface area contributed by atoms with Crippen molar-refractivity contribution in [2.75, 3.05) is 18.5 Å². The number of carbonyl (C=O) groups is 1. The molecule has 0 saturated heterocycles. The molecule has 0 aliphatic rings. The molecule has 1 aromatic heterocycles. The molecule has 0 bridgehead atoms. The van der Waals surface area contributed by atoms with E-state index >= 15 is 0 Å². The van der Waals surface area contributed by atoms with Crippen LogP contribution in [0.1, 0.15) is 29.8 Å². The SMILES string of the molecule is CCN(CC)S(=O)(=O)c1ccc(C(=O)NNc2nc3c(C)cccc3s2)cc1. The van der Waals surface area contributed by atoms with Crippen LogP contribution in [0.15, 0.2) is 47.4 Å². The van der Waals surface area contributed by atoms with Gasteiger partial charge in [-0.15, -0.1) is 0 Å². The molecule has 0 unspecified atom stereocenters.